The van der Waals surface area contributed by atoms with E-state index < -0.39 is 64.9 Å². The third-order valence-corrected chi connectivity index (χ3v) is 9.31. The standard InChI is InChI=1S/C29H36O10/c1-17-9-11-35-20(18(2)30)6-4-5-7-24(31)39-21-14-23-29(16-37-29)27(21,3)28(15-36-25(32)12-17)10-8-19(26(33)34)13-22(28)38-23/h4-7,12-13,18,20-23,30H,8-11,14-16H2,1-3H3,(H,33,34)/b6-4-,7-5-,17-12-/t18-,20+,21-,22+,23+,27+,28+,29-/m0/s1. The van der Waals surface area contributed by atoms with Crippen molar-refractivity contribution in [3.63, 3.8) is 0 Å². The molecule has 5 rings (SSSR count). The van der Waals surface area contributed by atoms with E-state index in [0.717, 1.165) is 5.57 Å². The highest BCUT2D eigenvalue weighted by Crippen LogP contribution is 2.72. The molecule has 5 aliphatic rings. The first kappa shape index (κ1) is 27.8. The molecule has 3 aliphatic heterocycles. The minimum atomic E-state index is -1.01. The second-order valence-electron chi connectivity index (χ2n) is 11.4. The van der Waals surface area contributed by atoms with E-state index >= 15 is 0 Å². The first-order valence-corrected chi connectivity index (χ1v) is 13.4. The Labute approximate surface area is 227 Å². The molecule has 0 radical (unpaired) electrons. The Morgan fingerprint density at radius 1 is 1.13 bits per heavy atom. The van der Waals surface area contributed by atoms with Crippen LogP contribution < -0.4 is 0 Å². The van der Waals surface area contributed by atoms with Crippen LogP contribution in [0.1, 0.15) is 46.5 Å². The molecule has 0 aromatic heterocycles. The van der Waals surface area contributed by atoms with Crippen molar-refractivity contribution in [2.75, 3.05) is 19.8 Å². The molecule has 2 spiro atoms. The maximum atomic E-state index is 12.9. The predicted molar refractivity (Wildman–Crippen MR) is 136 cm³/mol. The maximum Gasteiger partial charge on any atom is 0.331 e. The summed E-state index contributed by atoms with van der Waals surface area (Å²) < 4.78 is 30.2. The summed E-state index contributed by atoms with van der Waals surface area (Å²) in [6.45, 7) is 6.04. The van der Waals surface area contributed by atoms with Crippen molar-refractivity contribution in [3.8, 4) is 0 Å². The SMILES string of the molecule is C/C1=C/C(=O)OC[C@]23CCC(C(=O)O)=C[C@H]2O[C@@H]2C[C@H](OC(=O)/C=C\C=C/[C@H]([C@H](C)O)OCC1)[C@@]3(C)[C@]21CO1. The van der Waals surface area contributed by atoms with E-state index in [0.29, 0.717) is 25.9 Å². The minimum absolute atomic E-state index is 0.0504. The molecule has 3 heterocycles. The fourth-order valence-corrected chi connectivity index (χ4v) is 6.89. The van der Waals surface area contributed by atoms with Crippen molar-refractivity contribution >= 4 is 17.9 Å². The molecule has 0 amide bonds. The zero-order valence-electron chi connectivity index (χ0n) is 22.5. The van der Waals surface area contributed by atoms with Crippen molar-refractivity contribution in [1.82, 2.24) is 0 Å². The number of cyclic esters (lactones) is 1. The number of ether oxygens (including phenoxy) is 5. The normalized spacial score (nSPS) is 44.3. The molecule has 2 N–H and O–H groups in total. The lowest BCUT2D eigenvalue weighted by molar-refractivity contribution is -0.232. The van der Waals surface area contributed by atoms with Crippen LogP contribution in [-0.2, 0) is 38.1 Å². The van der Waals surface area contributed by atoms with E-state index in [1.807, 2.05) is 6.92 Å². The Kier molecular flexibility index (Phi) is 7.34. The zero-order valence-corrected chi connectivity index (χ0v) is 22.5. The smallest absolute Gasteiger partial charge is 0.331 e. The van der Waals surface area contributed by atoms with Gasteiger partial charge in [0.25, 0.3) is 0 Å². The first-order valence-electron chi connectivity index (χ1n) is 13.4. The van der Waals surface area contributed by atoms with Crippen molar-refractivity contribution in [2.45, 2.75) is 82.6 Å². The highest BCUT2D eigenvalue weighted by molar-refractivity contribution is 5.87. The van der Waals surface area contributed by atoms with E-state index in [1.54, 1.807) is 38.2 Å². The van der Waals surface area contributed by atoms with Gasteiger partial charge in [0, 0.05) is 29.6 Å². The molecule has 8 atom stereocenters. The number of rotatable bonds is 2. The lowest BCUT2D eigenvalue weighted by Gasteiger charge is -2.58. The minimum Gasteiger partial charge on any atom is -0.478 e. The number of aliphatic carboxylic acids is 1. The number of epoxide rings is 1. The van der Waals surface area contributed by atoms with Gasteiger partial charge in [0.2, 0.25) is 0 Å². The molecular formula is C29H36O10. The molecule has 0 aromatic rings. The van der Waals surface area contributed by atoms with Crippen LogP contribution in [0, 0.1) is 10.8 Å². The molecular weight excluding hydrogens is 508 g/mol. The van der Waals surface area contributed by atoms with Crippen LogP contribution in [0.4, 0.5) is 0 Å². The highest BCUT2D eigenvalue weighted by atomic mass is 16.6. The second-order valence-corrected chi connectivity index (χ2v) is 11.4. The molecule has 0 unspecified atom stereocenters. The largest absolute Gasteiger partial charge is 0.478 e. The summed E-state index contributed by atoms with van der Waals surface area (Å²) in [7, 11) is 0. The molecule has 2 aliphatic carbocycles. The summed E-state index contributed by atoms with van der Waals surface area (Å²) in [6, 6.07) is 0. The third kappa shape index (κ3) is 4.67. The summed E-state index contributed by atoms with van der Waals surface area (Å²) in [4.78, 5) is 37.7. The van der Waals surface area contributed by atoms with Gasteiger partial charge in [-0.05, 0) is 39.2 Å². The number of aliphatic hydroxyl groups excluding tert-OH is 1. The van der Waals surface area contributed by atoms with Gasteiger partial charge in [-0.25, -0.2) is 14.4 Å². The zero-order chi connectivity index (χ0) is 28.0. The summed E-state index contributed by atoms with van der Waals surface area (Å²) >= 11 is 0. The fraction of sp³-hybridized carbons (Fsp3) is 0.621. The van der Waals surface area contributed by atoms with Gasteiger partial charge in [0.1, 0.15) is 24.4 Å². The fourth-order valence-electron chi connectivity index (χ4n) is 6.89. The van der Waals surface area contributed by atoms with Gasteiger partial charge in [-0.1, -0.05) is 30.7 Å². The van der Waals surface area contributed by atoms with E-state index in [4.69, 9.17) is 23.7 Å². The number of carboxylic acids is 1. The Hall–Kier alpha value is -2.79. The van der Waals surface area contributed by atoms with Gasteiger partial charge >= 0.3 is 17.9 Å². The van der Waals surface area contributed by atoms with Crippen LogP contribution in [0.15, 0.2) is 47.6 Å². The molecule has 10 nitrogen and oxygen atoms in total. The molecule has 2 saturated heterocycles. The molecule has 3 fully saturated rings. The van der Waals surface area contributed by atoms with Crippen LogP contribution >= 0.6 is 0 Å². The van der Waals surface area contributed by atoms with E-state index in [9.17, 15) is 24.6 Å². The van der Waals surface area contributed by atoms with E-state index in [1.165, 1.54) is 12.2 Å². The van der Waals surface area contributed by atoms with Gasteiger partial charge in [0.15, 0.2) is 0 Å². The molecule has 1 saturated carbocycles. The number of allylic oxidation sites excluding steroid dienone is 2. The van der Waals surface area contributed by atoms with Gasteiger partial charge in [-0.2, -0.15) is 0 Å². The Bertz CT molecular complexity index is 1140. The average Bonchev–Trinajstić information content (AvgIpc) is 3.66. The first-order chi connectivity index (χ1) is 18.5. The van der Waals surface area contributed by atoms with E-state index in [2.05, 4.69) is 0 Å². The Balaban J connectivity index is 1.53. The number of esters is 2. The number of carbonyl (C=O) groups is 3. The van der Waals surface area contributed by atoms with Crippen molar-refractivity contribution < 1.29 is 48.3 Å². The third-order valence-electron chi connectivity index (χ3n) is 9.31. The maximum absolute atomic E-state index is 12.9. The lowest BCUT2D eigenvalue weighted by Crippen LogP contribution is -2.67. The molecule has 2 bridgehead atoms. The monoisotopic (exact) mass is 544 g/mol. The summed E-state index contributed by atoms with van der Waals surface area (Å²) in [5.41, 5.74) is -1.39. The van der Waals surface area contributed by atoms with Crippen LogP contribution in [-0.4, -0.2) is 84.1 Å². The van der Waals surface area contributed by atoms with Gasteiger partial charge in [-0.3, -0.25) is 0 Å². The van der Waals surface area contributed by atoms with E-state index in [-0.39, 0.29) is 25.2 Å². The van der Waals surface area contributed by atoms with Crippen LogP contribution in [0.25, 0.3) is 0 Å². The molecule has 10 heteroatoms. The van der Waals surface area contributed by atoms with Crippen molar-refractivity contribution in [3.05, 3.63) is 47.6 Å². The highest BCUT2D eigenvalue weighted by Gasteiger charge is 2.83. The van der Waals surface area contributed by atoms with Crippen molar-refractivity contribution in [1.29, 1.82) is 0 Å². The van der Waals surface area contributed by atoms with Gasteiger partial charge in [0.05, 0.1) is 36.9 Å². The van der Waals surface area contributed by atoms with Gasteiger partial charge < -0.3 is 33.9 Å². The Morgan fingerprint density at radius 2 is 1.90 bits per heavy atom. The topological polar surface area (TPSA) is 141 Å². The Morgan fingerprint density at radius 3 is 2.59 bits per heavy atom. The summed E-state index contributed by atoms with van der Waals surface area (Å²) in [5.74, 6) is -2.09. The van der Waals surface area contributed by atoms with Crippen LogP contribution in [0.2, 0.25) is 0 Å². The predicted octanol–water partition coefficient (Wildman–Crippen LogP) is 2.41. The summed E-state index contributed by atoms with van der Waals surface area (Å²) in [6.07, 6.45) is 7.60. The molecule has 39 heavy (non-hydrogen) atoms. The number of aliphatic hydroxyl groups is 1. The summed E-state index contributed by atoms with van der Waals surface area (Å²) in [5, 5.41) is 19.7. The number of carbonyl (C=O) groups excluding carboxylic acids is 2. The number of carboxylic acid groups (broad SMARTS) is 1. The van der Waals surface area contributed by atoms with Crippen LogP contribution in [0.3, 0.4) is 0 Å². The number of hydrogen-bond acceptors (Lipinski definition) is 9. The second kappa shape index (κ2) is 10.3. The molecule has 0 aromatic carbocycles. The van der Waals surface area contributed by atoms with Crippen molar-refractivity contribution in [2.24, 2.45) is 10.8 Å². The quantitative estimate of drug-likeness (QED) is 0.393. The van der Waals surface area contributed by atoms with Crippen LogP contribution in [0.5, 0.6) is 0 Å². The lowest BCUT2D eigenvalue weighted by atomic mass is 9.51. The number of hydrogen-bond donors (Lipinski definition) is 2. The average molecular weight is 545 g/mol. The van der Waals surface area contributed by atoms with Gasteiger partial charge in [-0.15, -0.1) is 0 Å². The molecule has 212 valence electrons.